The first-order chi connectivity index (χ1) is 9.27. The zero-order valence-corrected chi connectivity index (χ0v) is 11.9. The Morgan fingerprint density at radius 2 is 1.84 bits per heavy atom. The fourth-order valence-corrected chi connectivity index (χ4v) is 1.74. The number of H-pyrrole nitrogens is 1. The van der Waals surface area contributed by atoms with Crippen molar-refractivity contribution in [1.82, 2.24) is 9.88 Å². The maximum Gasteiger partial charge on any atom is 0.192 e. The summed E-state index contributed by atoms with van der Waals surface area (Å²) in [5, 5.41) is 0. The smallest absolute Gasteiger partial charge is 0.192 e. The molecule has 0 unspecified atom stereocenters. The first kappa shape index (κ1) is 15.9. The Balaban J connectivity index is 2.40. The van der Waals surface area contributed by atoms with Gasteiger partial charge in [0.25, 0.3) is 0 Å². The molecule has 1 rings (SSSR count). The third kappa shape index (κ3) is 6.52. The summed E-state index contributed by atoms with van der Waals surface area (Å²) in [4.78, 5) is 17.0. The van der Waals surface area contributed by atoms with Gasteiger partial charge in [-0.05, 0) is 26.0 Å². The Kier molecular flexibility index (Phi) is 8.13. The number of rotatable bonds is 11. The maximum absolute atomic E-state index is 12.0. The Bertz CT molecular complexity index is 328. The van der Waals surface area contributed by atoms with E-state index in [1.807, 2.05) is 19.9 Å². The van der Waals surface area contributed by atoms with E-state index in [-0.39, 0.29) is 5.78 Å². The number of hydrogen-bond acceptors (Lipinski definition) is 4. The van der Waals surface area contributed by atoms with Crippen LogP contribution in [0.4, 0.5) is 0 Å². The summed E-state index contributed by atoms with van der Waals surface area (Å²) in [6.45, 7) is 8.49. The molecule has 0 aliphatic heterocycles. The number of nitrogens with zero attached hydrogens (tertiary/aromatic N) is 1. The SMILES string of the molecule is CCOCCN(CCOCC)CC(=O)c1ccc[nH]1. The van der Waals surface area contributed by atoms with Crippen LogP contribution < -0.4 is 0 Å². The molecule has 108 valence electrons. The van der Waals surface area contributed by atoms with Gasteiger partial charge in [-0.1, -0.05) is 0 Å². The number of ether oxygens (including phenoxy) is 2. The minimum atomic E-state index is 0.0954. The van der Waals surface area contributed by atoms with Crippen molar-refractivity contribution in [2.75, 3.05) is 46.1 Å². The van der Waals surface area contributed by atoms with Crippen LogP contribution in [0.5, 0.6) is 0 Å². The molecule has 0 fully saturated rings. The second-order valence-corrected chi connectivity index (χ2v) is 4.18. The number of aromatic amines is 1. The van der Waals surface area contributed by atoms with Gasteiger partial charge in [-0.2, -0.15) is 0 Å². The Morgan fingerprint density at radius 1 is 1.21 bits per heavy atom. The highest BCUT2D eigenvalue weighted by Gasteiger charge is 2.12. The predicted octanol–water partition coefficient (Wildman–Crippen LogP) is 1.57. The summed E-state index contributed by atoms with van der Waals surface area (Å²) in [5.74, 6) is 0.0954. The van der Waals surface area contributed by atoms with Crippen molar-refractivity contribution in [1.29, 1.82) is 0 Å². The summed E-state index contributed by atoms with van der Waals surface area (Å²) >= 11 is 0. The van der Waals surface area contributed by atoms with Gasteiger partial charge in [-0.15, -0.1) is 0 Å². The Morgan fingerprint density at radius 3 is 2.32 bits per heavy atom. The second kappa shape index (κ2) is 9.72. The number of carbonyl (C=O) groups is 1. The molecule has 0 atom stereocenters. The molecule has 5 nitrogen and oxygen atoms in total. The molecule has 1 N–H and O–H groups in total. The van der Waals surface area contributed by atoms with Crippen LogP contribution in [-0.4, -0.2) is 61.7 Å². The van der Waals surface area contributed by atoms with Gasteiger partial charge in [0.2, 0.25) is 0 Å². The number of Topliss-reactive ketones (excluding diaryl/α,β-unsaturated/α-hetero) is 1. The zero-order chi connectivity index (χ0) is 13.9. The first-order valence-electron chi connectivity index (χ1n) is 6.82. The highest BCUT2D eigenvalue weighted by atomic mass is 16.5. The molecule has 19 heavy (non-hydrogen) atoms. The topological polar surface area (TPSA) is 54.6 Å². The van der Waals surface area contributed by atoms with Crippen molar-refractivity contribution in [3.8, 4) is 0 Å². The van der Waals surface area contributed by atoms with E-state index < -0.39 is 0 Å². The Labute approximate surface area is 114 Å². The summed E-state index contributed by atoms with van der Waals surface area (Å²) in [6.07, 6.45) is 1.76. The standard InChI is InChI=1S/C14H24N2O3/c1-3-18-10-8-16(9-11-19-4-2)12-14(17)13-6-5-7-15-13/h5-7,15H,3-4,8-12H2,1-2H3. The molecular weight excluding hydrogens is 244 g/mol. The van der Waals surface area contributed by atoms with Gasteiger partial charge in [-0.3, -0.25) is 9.69 Å². The number of carbonyl (C=O) groups excluding carboxylic acids is 1. The minimum absolute atomic E-state index is 0.0954. The van der Waals surface area contributed by atoms with Crippen molar-refractivity contribution >= 4 is 5.78 Å². The van der Waals surface area contributed by atoms with Crippen LogP contribution in [0.3, 0.4) is 0 Å². The van der Waals surface area contributed by atoms with E-state index in [2.05, 4.69) is 9.88 Å². The van der Waals surface area contributed by atoms with E-state index in [9.17, 15) is 4.79 Å². The van der Waals surface area contributed by atoms with Crippen LogP contribution in [0.25, 0.3) is 0 Å². The molecule has 0 saturated heterocycles. The van der Waals surface area contributed by atoms with E-state index in [1.165, 1.54) is 0 Å². The molecule has 0 bridgehead atoms. The van der Waals surface area contributed by atoms with E-state index in [0.29, 0.717) is 38.7 Å². The number of aromatic nitrogens is 1. The van der Waals surface area contributed by atoms with Crippen molar-refractivity contribution in [2.24, 2.45) is 0 Å². The quantitative estimate of drug-likeness (QED) is 0.489. The highest BCUT2D eigenvalue weighted by molar-refractivity contribution is 5.95. The van der Waals surface area contributed by atoms with Crippen LogP contribution in [-0.2, 0) is 9.47 Å². The van der Waals surface area contributed by atoms with Gasteiger partial charge in [0, 0.05) is 32.5 Å². The molecular formula is C14H24N2O3. The van der Waals surface area contributed by atoms with E-state index >= 15 is 0 Å². The second-order valence-electron chi connectivity index (χ2n) is 4.18. The van der Waals surface area contributed by atoms with Crippen LogP contribution in [0.1, 0.15) is 24.3 Å². The van der Waals surface area contributed by atoms with Crippen LogP contribution in [0.2, 0.25) is 0 Å². The van der Waals surface area contributed by atoms with E-state index in [1.54, 1.807) is 12.3 Å². The van der Waals surface area contributed by atoms with E-state index in [0.717, 1.165) is 13.1 Å². The van der Waals surface area contributed by atoms with Gasteiger partial charge >= 0.3 is 0 Å². The molecule has 1 heterocycles. The van der Waals surface area contributed by atoms with Crippen molar-refractivity contribution < 1.29 is 14.3 Å². The molecule has 0 aromatic carbocycles. The lowest BCUT2D eigenvalue weighted by atomic mass is 10.2. The lowest BCUT2D eigenvalue weighted by Crippen LogP contribution is -2.35. The average Bonchev–Trinajstić information content (AvgIpc) is 2.93. The monoisotopic (exact) mass is 268 g/mol. The molecule has 0 radical (unpaired) electrons. The predicted molar refractivity (Wildman–Crippen MR) is 74.5 cm³/mol. The van der Waals surface area contributed by atoms with E-state index in [4.69, 9.17) is 9.47 Å². The van der Waals surface area contributed by atoms with Gasteiger partial charge < -0.3 is 14.5 Å². The molecule has 1 aromatic heterocycles. The molecule has 0 spiro atoms. The summed E-state index contributed by atoms with van der Waals surface area (Å²) in [6, 6.07) is 3.63. The lowest BCUT2D eigenvalue weighted by Gasteiger charge is -2.21. The van der Waals surface area contributed by atoms with Crippen molar-refractivity contribution in [2.45, 2.75) is 13.8 Å². The van der Waals surface area contributed by atoms with Crippen LogP contribution >= 0.6 is 0 Å². The van der Waals surface area contributed by atoms with Gasteiger partial charge in [0.1, 0.15) is 0 Å². The van der Waals surface area contributed by atoms with Crippen molar-refractivity contribution in [3.63, 3.8) is 0 Å². The lowest BCUT2D eigenvalue weighted by molar-refractivity contribution is 0.0723. The average molecular weight is 268 g/mol. The molecule has 0 aliphatic rings. The molecule has 1 aromatic rings. The zero-order valence-electron chi connectivity index (χ0n) is 11.9. The summed E-state index contributed by atoms with van der Waals surface area (Å²) in [5.41, 5.74) is 0.651. The van der Waals surface area contributed by atoms with Crippen LogP contribution in [0.15, 0.2) is 18.3 Å². The number of ketones is 1. The fraction of sp³-hybridized carbons (Fsp3) is 0.643. The van der Waals surface area contributed by atoms with Gasteiger partial charge in [-0.25, -0.2) is 0 Å². The Hall–Kier alpha value is -1.17. The third-order valence-electron chi connectivity index (χ3n) is 2.78. The maximum atomic E-state index is 12.0. The molecule has 0 amide bonds. The van der Waals surface area contributed by atoms with Crippen molar-refractivity contribution in [3.05, 3.63) is 24.0 Å². The fourth-order valence-electron chi connectivity index (χ4n) is 1.74. The number of hydrogen-bond donors (Lipinski definition) is 1. The van der Waals surface area contributed by atoms with Gasteiger partial charge in [0.05, 0.1) is 25.5 Å². The largest absolute Gasteiger partial charge is 0.380 e. The molecule has 0 saturated carbocycles. The normalized spacial score (nSPS) is 11.1. The molecule has 5 heteroatoms. The third-order valence-corrected chi connectivity index (χ3v) is 2.78. The first-order valence-corrected chi connectivity index (χ1v) is 6.82. The highest BCUT2D eigenvalue weighted by Crippen LogP contribution is 1.99. The summed E-state index contributed by atoms with van der Waals surface area (Å²) < 4.78 is 10.7. The van der Waals surface area contributed by atoms with Crippen LogP contribution in [0, 0.1) is 0 Å². The van der Waals surface area contributed by atoms with Gasteiger partial charge in [0.15, 0.2) is 5.78 Å². The summed E-state index contributed by atoms with van der Waals surface area (Å²) in [7, 11) is 0. The molecule has 0 aliphatic carbocycles. The minimum Gasteiger partial charge on any atom is -0.380 e. The number of nitrogens with one attached hydrogen (secondary N) is 1.